The molecule has 0 amide bonds. The minimum absolute atomic E-state index is 0.259. The number of carbonyl (C=O) groups excluding carboxylic acids is 2. The molecular weight excluding hydrogens is 324 g/mol. The van der Waals surface area contributed by atoms with Crippen molar-refractivity contribution in [1.29, 1.82) is 0 Å². The number of hydrogen-bond donors (Lipinski definition) is 0. The van der Waals surface area contributed by atoms with E-state index in [0.717, 1.165) is 19.3 Å². The fourth-order valence-electron chi connectivity index (χ4n) is 2.85. The zero-order chi connectivity index (χ0) is 17.9. The highest BCUT2D eigenvalue weighted by Crippen LogP contribution is 2.13. The van der Waals surface area contributed by atoms with E-state index in [2.05, 4.69) is 11.7 Å². The highest BCUT2D eigenvalue weighted by Gasteiger charge is 2.08. The Hall–Kier alpha value is -0.570. The summed E-state index contributed by atoms with van der Waals surface area (Å²) in [6.07, 6.45) is 19.7. The zero-order valence-corrected chi connectivity index (χ0v) is 16.4. The first-order valence-corrected chi connectivity index (χ1v) is 10.5. The van der Waals surface area contributed by atoms with Crippen LogP contribution in [0.1, 0.15) is 110 Å². The number of carbonyl (C=O) groups is 2. The predicted octanol–water partition coefficient (Wildman–Crippen LogP) is 6.56. The fraction of sp³-hybridized carbons (Fsp3) is 0.900. The van der Waals surface area contributed by atoms with Crippen LogP contribution in [0.15, 0.2) is 0 Å². The van der Waals surface area contributed by atoms with Crippen molar-refractivity contribution >= 4 is 23.5 Å². The summed E-state index contributed by atoms with van der Waals surface area (Å²) >= 11 is 5.27. The predicted molar refractivity (Wildman–Crippen MR) is 101 cm³/mol. The Kier molecular flexibility index (Phi) is 18.3. The summed E-state index contributed by atoms with van der Waals surface area (Å²) in [6.45, 7) is 2.26. The second-order valence-corrected chi connectivity index (χ2v) is 6.95. The summed E-state index contributed by atoms with van der Waals surface area (Å²) in [4.78, 5) is 22.1. The molecule has 0 aliphatic rings. The lowest BCUT2D eigenvalue weighted by molar-refractivity contribution is -0.157. The van der Waals surface area contributed by atoms with Crippen molar-refractivity contribution < 1.29 is 14.3 Å². The molecule has 142 valence electrons. The molecule has 0 N–H and O–H groups in total. The second kappa shape index (κ2) is 18.8. The number of halogens is 1. The van der Waals surface area contributed by atoms with Crippen LogP contribution in [-0.4, -0.2) is 17.8 Å². The highest BCUT2D eigenvalue weighted by atomic mass is 35.5. The Morgan fingerprint density at radius 3 is 1.38 bits per heavy atom. The molecule has 0 unspecified atom stereocenters. The molecule has 0 saturated heterocycles. The van der Waals surface area contributed by atoms with E-state index in [-0.39, 0.29) is 5.88 Å². The van der Waals surface area contributed by atoms with E-state index in [0.29, 0.717) is 6.42 Å². The highest BCUT2D eigenvalue weighted by molar-refractivity contribution is 6.27. The molecule has 0 saturated carbocycles. The van der Waals surface area contributed by atoms with Gasteiger partial charge in [-0.15, -0.1) is 11.6 Å². The molecule has 0 aliphatic carbocycles. The zero-order valence-electron chi connectivity index (χ0n) is 15.6. The van der Waals surface area contributed by atoms with E-state index in [9.17, 15) is 9.59 Å². The molecule has 4 heteroatoms. The first kappa shape index (κ1) is 23.4. The van der Waals surface area contributed by atoms with Gasteiger partial charge in [-0.2, -0.15) is 0 Å². The smallest absolute Gasteiger partial charge is 0.328 e. The van der Waals surface area contributed by atoms with Gasteiger partial charge in [-0.25, -0.2) is 0 Å². The SMILES string of the molecule is CCCCCCCCCCCCCCCCCC(=O)OC(=O)CCl. The molecule has 0 heterocycles. The van der Waals surface area contributed by atoms with E-state index in [1.165, 1.54) is 77.0 Å². The molecule has 0 fully saturated rings. The number of unbranched alkanes of at least 4 members (excludes halogenated alkanes) is 14. The number of rotatable bonds is 17. The van der Waals surface area contributed by atoms with Gasteiger partial charge in [0, 0.05) is 6.42 Å². The standard InChI is InChI=1S/C20H37ClO3/c1-2-3-4-5-6-7-8-9-10-11-12-13-14-15-16-17-19(22)24-20(23)18-21/h2-18H2,1H3. The molecule has 0 bridgehead atoms. The van der Waals surface area contributed by atoms with Crippen LogP contribution in [0.2, 0.25) is 0 Å². The van der Waals surface area contributed by atoms with E-state index in [1.807, 2.05) is 0 Å². The van der Waals surface area contributed by atoms with Gasteiger partial charge in [0.2, 0.25) is 0 Å². The van der Waals surface area contributed by atoms with Gasteiger partial charge in [0.05, 0.1) is 0 Å². The Bertz CT molecular complexity index is 305. The van der Waals surface area contributed by atoms with Gasteiger partial charge in [-0.3, -0.25) is 9.59 Å². The summed E-state index contributed by atoms with van der Waals surface area (Å²) in [7, 11) is 0. The molecule has 0 radical (unpaired) electrons. The normalized spacial score (nSPS) is 10.8. The van der Waals surface area contributed by atoms with Crippen LogP contribution < -0.4 is 0 Å². The van der Waals surface area contributed by atoms with E-state index >= 15 is 0 Å². The Morgan fingerprint density at radius 1 is 0.625 bits per heavy atom. The molecule has 0 spiro atoms. The summed E-state index contributed by atoms with van der Waals surface area (Å²) in [6, 6.07) is 0. The van der Waals surface area contributed by atoms with Crippen molar-refractivity contribution in [1.82, 2.24) is 0 Å². The van der Waals surface area contributed by atoms with Crippen LogP contribution in [0.5, 0.6) is 0 Å². The van der Waals surface area contributed by atoms with E-state index in [1.54, 1.807) is 0 Å². The third kappa shape index (κ3) is 17.8. The lowest BCUT2D eigenvalue weighted by Gasteiger charge is -2.03. The topological polar surface area (TPSA) is 43.4 Å². The average Bonchev–Trinajstić information content (AvgIpc) is 2.58. The van der Waals surface area contributed by atoms with Crippen LogP contribution in [0.25, 0.3) is 0 Å². The molecule has 0 aromatic carbocycles. The van der Waals surface area contributed by atoms with Gasteiger partial charge < -0.3 is 4.74 Å². The van der Waals surface area contributed by atoms with Crippen LogP contribution in [0.3, 0.4) is 0 Å². The molecular formula is C20H37ClO3. The third-order valence-corrected chi connectivity index (χ3v) is 4.54. The lowest BCUT2D eigenvalue weighted by Crippen LogP contribution is -2.12. The first-order chi connectivity index (χ1) is 11.7. The minimum atomic E-state index is -0.650. The Morgan fingerprint density at radius 2 is 1.00 bits per heavy atom. The molecule has 0 aromatic heterocycles. The monoisotopic (exact) mass is 360 g/mol. The average molecular weight is 361 g/mol. The lowest BCUT2D eigenvalue weighted by atomic mass is 10.0. The van der Waals surface area contributed by atoms with Gasteiger partial charge >= 0.3 is 11.9 Å². The van der Waals surface area contributed by atoms with Crippen molar-refractivity contribution in [3.05, 3.63) is 0 Å². The van der Waals surface area contributed by atoms with Crippen molar-refractivity contribution in [3.63, 3.8) is 0 Å². The van der Waals surface area contributed by atoms with Gasteiger partial charge in [0.25, 0.3) is 0 Å². The van der Waals surface area contributed by atoms with Crippen molar-refractivity contribution in [2.75, 3.05) is 5.88 Å². The summed E-state index contributed by atoms with van der Waals surface area (Å²) in [5.41, 5.74) is 0. The minimum Gasteiger partial charge on any atom is -0.392 e. The second-order valence-electron chi connectivity index (χ2n) is 6.68. The molecule has 0 aromatic rings. The van der Waals surface area contributed by atoms with Gasteiger partial charge in [-0.1, -0.05) is 96.8 Å². The van der Waals surface area contributed by atoms with Crippen molar-refractivity contribution in [2.45, 2.75) is 110 Å². The number of esters is 2. The Balaban J connectivity index is 3.12. The maximum absolute atomic E-state index is 11.2. The summed E-state index contributed by atoms with van der Waals surface area (Å²) in [5.74, 6) is -1.36. The van der Waals surface area contributed by atoms with Crippen LogP contribution in [0, 0.1) is 0 Å². The fourth-order valence-corrected chi connectivity index (χ4v) is 2.90. The van der Waals surface area contributed by atoms with Crippen LogP contribution >= 0.6 is 11.6 Å². The van der Waals surface area contributed by atoms with Gasteiger partial charge in [0.1, 0.15) is 5.88 Å². The summed E-state index contributed by atoms with van der Waals surface area (Å²) < 4.78 is 4.51. The molecule has 0 aliphatic heterocycles. The van der Waals surface area contributed by atoms with Crippen LogP contribution in [0.4, 0.5) is 0 Å². The number of hydrogen-bond acceptors (Lipinski definition) is 3. The van der Waals surface area contributed by atoms with Gasteiger partial charge in [0.15, 0.2) is 0 Å². The molecule has 0 atom stereocenters. The third-order valence-electron chi connectivity index (χ3n) is 4.32. The van der Waals surface area contributed by atoms with Crippen molar-refractivity contribution in [3.8, 4) is 0 Å². The van der Waals surface area contributed by atoms with E-state index in [4.69, 9.17) is 11.6 Å². The molecule has 3 nitrogen and oxygen atoms in total. The maximum atomic E-state index is 11.2. The number of alkyl halides is 1. The quantitative estimate of drug-likeness (QED) is 0.128. The largest absolute Gasteiger partial charge is 0.392 e. The van der Waals surface area contributed by atoms with E-state index < -0.39 is 11.9 Å². The number of ether oxygens (including phenoxy) is 1. The van der Waals surface area contributed by atoms with Gasteiger partial charge in [-0.05, 0) is 6.42 Å². The first-order valence-electron chi connectivity index (χ1n) is 10.00. The Labute approximate surface area is 153 Å². The molecule has 0 rings (SSSR count). The van der Waals surface area contributed by atoms with Crippen molar-refractivity contribution in [2.24, 2.45) is 0 Å². The maximum Gasteiger partial charge on any atom is 0.328 e. The summed E-state index contributed by atoms with van der Waals surface area (Å²) in [5, 5.41) is 0. The molecule has 24 heavy (non-hydrogen) atoms. The van der Waals surface area contributed by atoms with Crippen LogP contribution in [-0.2, 0) is 14.3 Å².